The number of nitrogens with zero attached hydrogens (tertiary/aromatic N) is 2. The monoisotopic (exact) mass is 322 g/mol. The number of pyridine rings is 1. The molecule has 1 aliphatic heterocycles. The molecule has 2 rings (SSSR count). The number of aliphatic carboxylic acids is 1. The molecule has 1 aromatic heterocycles. The fourth-order valence-corrected chi connectivity index (χ4v) is 3.35. The third kappa shape index (κ3) is 3.30. The standard InChI is InChI=1S/C14H14N2O3S2/c1-8(2)11(13(18)19)16-12(17)10(21-14(16)20)7-9-3-5-15-6-4-9/h3-8,11H,1-2H3,(H,18,19)/b10-7-/t11-/m1/s1. The molecule has 0 radical (unpaired) electrons. The predicted octanol–water partition coefficient (Wildman–Crippen LogP) is 2.39. The average Bonchev–Trinajstić information content (AvgIpc) is 2.67. The quantitative estimate of drug-likeness (QED) is 0.678. The van der Waals surface area contributed by atoms with Crippen LogP contribution >= 0.6 is 24.0 Å². The molecule has 0 spiro atoms. The maximum Gasteiger partial charge on any atom is 0.327 e. The molecular formula is C14H14N2O3S2. The number of carboxylic acid groups (broad SMARTS) is 1. The van der Waals surface area contributed by atoms with Crippen LogP contribution in [0.3, 0.4) is 0 Å². The van der Waals surface area contributed by atoms with Crippen molar-refractivity contribution >= 4 is 46.3 Å². The number of amides is 1. The van der Waals surface area contributed by atoms with E-state index in [1.807, 2.05) is 0 Å². The van der Waals surface area contributed by atoms with Crippen molar-refractivity contribution in [3.63, 3.8) is 0 Å². The van der Waals surface area contributed by atoms with Gasteiger partial charge in [-0.2, -0.15) is 0 Å². The molecule has 2 heterocycles. The van der Waals surface area contributed by atoms with Crippen LogP contribution in [0.1, 0.15) is 19.4 Å². The Labute approximate surface area is 132 Å². The van der Waals surface area contributed by atoms with Gasteiger partial charge in [-0.15, -0.1) is 0 Å². The maximum absolute atomic E-state index is 12.4. The fraction of sp³-hybridized carbons (Fsp3) is 0.286. The van der Waals surface area contributed by atoms with Gasteiger partial charge in [0.25, 0.3) is 5.91 Å². The summed E-state index contributed by atoms with van der Waals surface area (Å²) in [5.74, 6) is -1.64. The van der Waals surface area contributed by atoms with Crippen molar-refractivity contribution in [2.75, 3.05) is 0 Å². The molecule has 1 saturated heterocycles. The third-order valence-electron chi connectivity index (χ3n) is 2.99. The predicted molar refractivity (Wildman–Crippen MR) is 85.5 cm³/mol. The molecule has 5 nitrogen and oxygen atoms in total. The highest BCUT2D eigenvalue weighted by Crippen LogP contribution is 2.35. The fourth-order valence-electron chi connectivity index (χ4n) is 2.02. The van der Waals surface area contributed by atoms with Crippen LogP contribution < -0.4 is 0 Å². The number of rotatable bonds is 4. The Balaban J connectivity index is 2.32. The van der Waals surface area contributed by atoms with Crippen LogP contribution in [0.5, 0.6) is 0 Å². The van der Waals surface area contributed by atoms with Gasteiger partial charge in [-0.05, 0) is 29.7 Å². The van der Waals surface area contributed by atoms with Gasteiger partial charge in [0.15, 0.2) is 0 Å². The largest absolute Gasteiger partial charge is 0.480 e. The molecule has 0 unspecified atom stereocenters. The number of carboxylic acids is 1. The summed E-state index contributed by atoms with van der Waals surface area (Å²) in [4.78, 5) is 29.4. The minimum absolute atomic E-state index is 0.231. The van der Waals surface area contributed by atoms with Gasteiger partial charge >= 0.3 is 5.97 Å². The average molecular weight is 322 g/mol. The first-order valence-electron chi connectivity index (χ1n) is 6.31. The van der Waals surface area contributed by atoms with E-state index >= 15 is 0 Å². The molecule has 1 aromatic rings. The van der Waals surface area contributed by atoms with E-state index < -0.39 is 12.0 Å². The van der Waals surface area contributed by atoms with Crippen molar-refractivity contribution in [3.8, 4) is 0 Å². The van der Waals surface area contributed by atoms with Crippen LogP contribution in [0.15, 0.2) is 29.4 Å². The first-order valence-corrected chi connectivity index (χ1v) is 7.54. The van der Waals surface area contributed by atoms with Gasteiger partial charge in [0, 0.05) is 12.4 Å². The van der Waals surface area contributed by atoms with Crippen LogP contribution in [0.25, 0.3) is 6.08 Å². The molecule has 0 saturated carbocycles. The molecule has 0 bridgehead atoms. The molecule has 7 heteroatoms. The summed E-state index contributed by atoms with van der Waals surface area (Å²) in [6.07, 6.45) is 4.95. The summed E-state index contributed by atoms with van der Waals surface area (Å²) in [7, 11) is 0. The number of thiocarbonyl (C=S) groups is 1. The van der Waals surface area contributed by atoms with E-state index in [4.69, 9.17) is 12.2 Å². The molecule has 1 atom stereocenters. The first-order chi connectivity index (χ1) is 9.91. The Hall–Kier alpha value is -1.73. The SMILES string of the molecule is CC(C)[C@H](C(=O)O)N1C(=O)/C(=C/c2ccncc2)SC1=S. The van der Waals surface area contributed by atoms with Crippen LogP contribution in [-0.2, 0) is 9.59 Å². The van der Waals surface area contributed by atoms with Crippen LogP contribution in [0.4, 0.5) is 0 Å². The molecule has 1 amide bonds. The minimum atomic E-state index is -1.05. The second-order valence-electron chi connectivity index (χ2n) is 4.86. The van der Waals surface area contributed by atoms with Gasteiger partial charge in [0.1, 0.15) is 10.4 Å². The maximum atomic E-state index is 12.4. The number of hydrogen-bond donors (Lipinski definition) is 1. The third-order valence-corrected chi connectivity index (χ3v) is 4.32. The Morgan fingerprint density at radius 1 is 1.43 bits per heavy atom. The van der Waals surface area contributed by atoms with E-state index in [1.54, 1.807) is 44.4 Å². The van der Waals surface area contributed by atoms with Crippen molar-refractivity contribution in [1.82, 2.24) is 9.88 Å². The van der Waals surface area contributed by atoms with Gasteiger partial charge in [0.05, 0.1) is 4.91 Å². The molecule has 0 aromatic carbocycles. The van der Waals surface area contributed by atoms with Crippen molar-refractivity contribution in [2.45, 2.75) is 19.9 Å². The van der Waals surface area contributed by atoms with Crippen molar-refractivity contribution < 1.29 is 14.7 Å². The molecule has 21 heavy (non-hydrogen) atoms. The Kier molecular flexibility index (Phi) is 4.74. The molecule has 0 aliphatic carbocycles. The first kappa shape index (κ1) is 15.7. The number of hydrogen-bond acceptors (Lipinski definition) is 5. The summed E-state index contributed by atoms with van der Waals surface area (Å²) >= 11 is 6.30. The summed E-state index contributed by atoms with van der Waals surface area (Å²) in [5, 5.41) is 9.33. The highest BCUT2D eigenvalue weighted by Gasteiger charge is 2.41. The smallest absolute Gasteiger partial charge is 0.327 e. The zero-order valence-electron chi connectivity index (χ0n) is 11.5. The highest BCUT2D eigenvalue weighted by atomic mass is 32.2. The molecule has 110 valence electrons. The summed E-state index contributed by atoms with van der Waals surface area (Å²) < 4.78 is 0.279. The summed E-state index contributed by atoms with van der Waals surface area (Å²) in [6, 6.07) is 2.59. The van der Waals surface area contributed by atoms with Crippen molar-refractivity contribution in [2.24, 2.45) is 5.92 Å². The van der Waals surface area contributed by atoms with Crippen LogP contribution in [-0.4, -0.2) is 37.2 Å². The second kappa shape index (κ2) is 6.36. The van der Waals surface area contributed by atoms with E-state index in [2.05, 4.69) is 4.98 Å². The highest BCUT2D eigenvalue weighted by molar-refractivity contribution is 8.26. The lowest BCUT2D eigenvalue weighted by atomic mass is 10.0. The van der Waals surface area contributed by atoms with E-state index in [0.29, 0.717) is 4.91 Å². The van der Waals surface area contributed by atoms with Gasteiger partial charge < -0.3 is 5.11 Å². The summed E-state index contributed by atoms with van der Waals surface area (Å²) in [5.41, 5.74) is 0.821. The molecule has 1 N–H and O–H groups in total. The molecule has 1 aliphatic rings. The zero-order valence-corrected chi connectivity index (χ0v) is 13.1. The van der Waals surface area contributed by atoms with Crippen LogP contribution in [0.2, 0.25) is 0 Å². The number of carbonyl (C=O) groups excluding carboxylic acids is 1. The van der Waals surface area contributed by atoms with Gasteiger partial charge in [-0.3, -0.25) is 14.7 Å². The minimum Gasteiger partial charge on any atom is -0.480 e. The number of thioether (sulfide) groups is 1. The van der Waals surface area contributed by atoms with E-state index in [-0.39, 0.29) is 16.1 Å². The number of carbonyl (C=O) groups is 2. The van der Waals surface area contributed by atoms with Crippen molar-refractivity contribution in [3.05, 3.63) is 35.0 Å². The Bertz CT molecular complexity index is 614. The number of aromatic nitrogens is 1. The zero-order chi connectivity index (χ0) is 15.6. The lowest BCUT2D eigenvalue weighted by Gasteiger charge is -2.26. The van der Waals surface area contributed by atoms with Gasteiger partial charge in [-0.25, -0.2) is 4.79 Å². The van der Waals surface area contributed by atoms with Crippen LogP contribution in [0, 0.1) is 5.92 Å². The Morgan fingerprint density at radius 3 is 2.57 bits per heavy atom. The lowest BCUT2D eigenvalue weighted by Crippen LogP contribution is -2.47. The normalized spacial score (nSPS) is 18.6. The van der Waals surface area contributed by atoms with E-state index in [0.717, 1.165) is 17.3 Å². The van der Waals surface area contributed by atoms with Gasteiger partial charge in [-0.1, -0.05) is 37.8 Å². The van der Waals surface area contributed by atoms with Gasteiger partial charge in [0.2, 0.25) is 0 Å². The topological polar surface area (TPSA) is 70.5 Å². The lowest BCUT2D eigenvalue weighted by molar-refractivity contribution is -0.146. The Morgan fingerprint density at radius 2 is 2.05 bits per heavy atom. The van der Waals surface area contributed by atoms with E-state index in [1.165, 1.54) is 4.90 Å². The second-order valence-corrected chi connectivity index (χ2v) is 6.54. The molecular weight excluding hydrogens is 308 g/mol. The summed E-state index contributed by atoms with van der Waals surface area (Å²) in [6.45, 7) is 3.51. The van der Waals surface area contributed by atoms with E-state index in [9.17, 15) is 14.7 Å². The molecule has 1 fully saturated rings. The van der Waals surface area contributed by atoms with Crippen molar-refractivity contribution in [1.29, 1.82) is 0 Å².